The molecule has 2 unspecified atom stereocenters. The molecule has 0 saturated carbocycles. The van der Waals surface area contributed by atoms with Gasteiger partial charge in [-0.3, -0.25) is 4.79 Å². The summed E-state index contributed by atoms with van der Waals surface area (Å²) in [6, 6.07) is 17.7. The number of benzene rings is 3. The van der Waals surface area contributed by atoms with E-state index in [1.54, 1.807) is 0 Å². The van der Waals surface area contributed by atoms with E-state index in [2.05, 4.69) is 83.1 Å². The predicted octanol–water partition coefficient (Wildman–Crippen LogP) is 7.27. The molecule has 0 aliphatic heterocycles. The Balaban J connectivity index is 1.65. The Morgan fingerprint density at radius 1 is 0.935 bits per heavy atom. The first-order valence-corrected chi connectivity index (χ1v) is 11.4. The van der Waals surface area contributed by atoms with Gasteiger partial charge in [0.1, 0.15) is 5.92 Å². The molecule has 0 bridgehead atoms. The maximum absolute atomic E-state index is 12.4. The van der Waals surface area contributed by atoms with E-state index in [-0.39, 0.29) is 5.41 Å². The van der Waals surface area contributed by atoms with E-state index in [0.717, 1.165) is 35.1 Å². The summed E-state index contributed by atoms with van der Waals surface area (Å²) in [4.78, 5) is 12.4. The molecule has 0 spiro atoms. The van der Waals surface area contributed by atoms with Crippen molar-refractivity contribution in [3.05, 3.63) is 81.9 Å². The second-order valence-electron chi connectivity index (χ2n) is 10.3. The molecule has 0 aromatic heterocycles. The summed E-state index contributed by atoms with van der Waals surface area (Å²) in [6.07, 6.45) is 1.96. The summed E-state index contributed by atoms with van der Waals surface area (Å²) < 4.78 is 0. The Bertz CT molecular complexity index is 1230. The van der Waals surface area contributed by atoms with E-state index in [0.29, 0.717) is 5.92 Å². The Morgan fingerprint density at radius 3 is 2.29 bits per heavy atom. The lowest BCUT2D eigenvalue weighted by molar-refractivity contribution is -0.137. The molecule has 0 fully saturated rings. The monoisotopic (exact) mass is 410 g/mol. The fraction of sp³-hybridized carbons (Fsp3) is 0.345. The predicted molar refractivity (Wildman–Crippen MR) is 127 cm³/mol. The third kappa shape index (κ3) is 3.04. The van der Waals surface area contributed by atoms with Gasteiger partial charge in [0.05, 0.1) is 0 Å². The van der Waals surface area contributed by atoms with Gasteiger partial charge >= 0.3 is 5.97 Å². The highest BCUT2D eigenvalue weighted by Crippen LogP contribution is 2.50. The zero-order valence-electron chi connectivity index (χ0n) is 19.0. The molecular weight excluding hydrogens is 380 g/mol. The van der Waals surface area contributed by atoms with Crippen LogP contribution in [0.15, 0.2) is 48.5 Å². The first-order valence-electron chi connectivity index (χ1n) is 11.4. The molecule has 2 aliphatic rings. The third-order valence-corrected chi connectivity index (χ3v) is 7.33. The topological polar surface area (TPSA) is 37.3 Å². The Hall–Kier alpha value is -2.87. The lowest BCUT2D eigenvalue weighted by Gasteiger charge is -2.20. The molecule has 158 valence electrons. The lowest BCUT2D eigenvalue weighted by atomic mass is 9.85. The van der Waals surface area contributed by atoms with E-state index in [1.165, 1.54) is 33.4 Å². The number of carboxylic acid groups (broad SMARTS) is 1. The van der Waals surface area contributed by atoms with Gasteiger partial charge in [-0.05, 0) is 91.9 Å². The van der Waals surface area contributed by atoms with Gasteiger partial charge in [0, 0.05) is 0 Å². The Labute approximate surface area is 185 Å². The second kappa shape index (κ2) is 6.82. The molecule has 3 aromatic rings. The van der Waals surface area contributed by atoms with Crippen molar-refractivity contribution in [1.29, 1.82) is 0 Å². The van der Waals surface area contributed by atoms with Crippen LogP contribution < -0.4 is 0 Å². The Morgan fingerprint density at radius 2 is 1.61 bits per heavy atom. The second-order valence-corrected chi connectivity index (χ2v) is 10.3. The van der Waals surface area contributed by atoms with Crippen molar-refractivity contribution in [2.24, 2.45) is 0 Å². The van der Waals surface area contributed by atoms with Crippen LogP contribution in [0.3, 0.4) is 0 Å². The van der Waals surface area contributed by atoms with Crippen LogP contribution in [-0.4, -0.2) is 11.1 Å². The quantitative estimate of drug-likeness (QED) is 0.386. The van der Waals surface area contributed by atoms with Gasteiger partial charge in [0.25, 0.3) is 0 Å². The molecule has 0 heterocycles. The SMILES string of the molecule is CCC(C)c1ccc2c(c1)C(C(=O)O)c1cc3c(cc1-2)Cc1cc(C(C)(C)C)ccc1-3. The van der Waals surface area contributed by atoms with Crippen LogP contribution in [0.25, 0.3) is 22.3 Å². The van der Waals surface area contributed by atoms with Crippen molar-refractivity contribution in [1.82, 2.24) is 0 Å². The Kier molecular flexibility index (Phi) is 4.41. The molecule has 5 rings (SSSR count). The molecule has 0 radical (unpaired) electrons. The number of hydrogen-bond donors (Lipinski definition) is 1. The average molecular weight is 411 g/mol. The number of carboxylic acids is 1. The van der Waals surface area contributed by atoms with Crippen molar-refractivity contribution >= 4 is 5.97 Å². The molecule has 1 N–H and O–H groups in total. The summed E-state index contributed by atoms with van der Waals surface area (Å²) in [7, 11) is 0. The summed E-state index contributed by atoms with van der Waals surface area (Å²) in [6.45, 7) is 11.1. The molecule has 2 atom stereocenters. The van der Waals surface area contributed by atoms with E-state index in [1.807, 2.05) is 0 Å². The number of carbonyl (C=O) groups is 1. The third-order valence-electron chi connectivity index (χ3n) is 7.33. The smallest absolute Gasteiger partial charge is 0.315 e. The molecular formula is C29H30O2. The molecule has 3 aromatic carbocycles. The van der Waals surface area contributed by atoms with Crippen LogP contribution in [0.2, 0.25) is 0 Å². The van der Waals surface area contributed by atoms with Crippen LogP contribution in [0, 0.1) is 0 Å². The highest BCUT2D eigenvalue weighted by molar-refractivity contribution is 5.95. The van der Waals surface area contributed by atoms with Crippen molar-refractivity contribution < 1.29 is 9.90 Å². The molecule has 0 saturated heterocycles. The molecule has 2 nitrogen and oxygen atoms in total. The number of rotatable bonds is 3. The zero-order chi connectivity index (χ0) is 22.1. The minimum Gasteiger partial charge on any atom is -0.481 e. The standard InChI is InChI=1S/C29H30O2/c1-6-16(2)17-7-9-22-24-14-19-11-18-12-20(29(3,4)5)8-10-21(18)23(19)15-26(24)27(28(30)31)25(22)13-17/h7-10,12-16,27H,6,11H2,1-5H3,(H,30,31). The fourth-order valence-corrected chi connectivity index (χ4v) is 5.25. The van der Waals surface area contributed by atoms with Crippen LogP contribution in [0.4, 0.5) is 0 Å². The maximum Gasteiger partial charge on any atom is 0.315 e. The molecule has 2 heteroatoms. The fourth-order valence-electron chi connectivity index (χ4n) is 5.25. The van der Waals surface area contributed by atoms with Crippen molar-refractivity contribution in [2.75, 3.05) is 0 Å². The number of fused-ring (bicyclic) bond motifs is 6. The highest BCUT2D eigenvalue weighted by atomic mass is 16.4. The zero-order valence-corrected chi connectivity index (χ0v) is 19.0. The largest absolute Gasteiger partial charge is 0.481 e. The van der Waals surface area contributed by atoms with Gasteiger partial charge < -0.3 is 5.11 Å². The van der Waals surface area contributed by atoms with Crippen molar-refractivity contribution in [2.45, 2.75) is 64.7 Å². The van der Waals surface area contributed by atoms with E-state index >= 15 is 0 Å². The van der Waals surface area contributed by atoms with E-state index < -0.39 is 11.9 Å². The van der Waals surface area contributed by atoms with Crippen LogP contribution in [0.5, 0.6) is 0 Å². The van der Waals surface area contributed by atoms with Crippen LogP contribution in [0.1, 0.15) is 86.3 Å². The van der Waals surface area contributed by atoms with Gasteiger partial charge in [-0.1, -0.05) is 71.0 Å². The summed E-state index contributed by atoms with van der Waals surface area (Å²) in [5.41, 5.74) is 11.9. The summed E-state index contributed by atoms with van der Waals surface area (Å²) >= 11 is 0. The van der Waals surface area contributed by atoms with Crippen LogP contribution in [-0.2, 0) is 16.6 Å². The van der Waals surface area contributed by atoms with Crippen molar-refractivity contribution in [3.8, 4) is 22.3 Å². The van der Waals surface area contributed by atoms with Crippen molar-refractivity contribution in [3.63, 3.8) is 0 Å². The molecule has 31 heavy (non-hydrogen) atoms. The van der Waals surface area contributed by atoms with Gasteiger partial charge in [-0.15, -0.1) is 0 Å². The summed E-state index contributed by atoms with van der Waals surface area (Å²) in [5, 5.41) is 10.2. The number of aliphatic carboxylic acids is 1. The van der Waals surface area contributed by atoms with E-state index in [9.17, 15) is 9.90 Å². The van der Waals surface area contributed by atoms with Crippen LogP contribution >= 0.6 is 0 Å². The number of hydrogen-bond acceptors (Lipinski definition) is 1. The minimum absolute atomic E-state index is 0.117. The maximum atomic E-state index is 12.4. The average Bonchev–Trinajstić information content (AvgIpc) is 3.24. The summed E-state index contributed by atoms with van der Waals surface area (Å²) in [5.74, 6) is -0.919. The minimum atomic E-state index is -0.762. The lowest BCUT2D eigenvalue weighted by Crippen LogP contribution is -2.11. The normalized spacial score (nSPS) is 17.0. The van der Waals surface area contributed by atoms with E-state index in [4.69, 9.17) is 0 Å². The van der Waals surface area contributed by atoms with Gasteiger partial charge in [0.2, 0.25) is 0 Å². The highest BCUT2D eigenvalue weighted by Gasteiger charge is 2.36. The first-order chi connectivity index (χ1) is 14.7. The first kappa shape index (κ1) is 20.1. The van der Waals surface area contributed by atoms with Gasteiger partial charge in [0.15, 0.2) is 0 Å². The molecule has 0 amide bonds. The molecule has 2 aliphatic carbocycles. The van der Waals surface area contributed by atoms with Gasteiger partial charge in [-0.25, -0.2) is 0 Å². The van der Waals surface area contributed by atoms with Gasteiger partial charge in [-0.2, -0.15) is 0 Å².